The van der Waals surface area contributed by atoms with E-state index in [1.807, 2.05) is 13.8 Å². The maximum atomic E-state index is 10.6. The summed E-state index contributed by atoms with van der Waals surface area (Å²) < 4.78 is 16.0. The maximum Gasteiger partial charge on any atom is 0.203 e. The zero-order valence-electron chi connectivity index (χ0n) is 12.9. The predicted molar refractivity (Wildman–Crippen MR) is 84.0 cm³/mol. The standard InChI is InChI=1S/C16H20O4S/c1-9-6-10(2)21-16(9)14(17)11-7-12(18-3)15(20-5)13(8-11)19-4/h6-8,14,17H,1-5H3. The van der Waals surface area contributed by atoms with E-state index in [0.29, 0.717) is 17.2 Å². The van der Waals surface area contributed by atoms with Crippen molar-refractivity contribution in [2.75, 3.05) is 21.3 Å². The van der Waals surface area contributed by atoms with Gasteiger partial charge in [0.25, 0.3) is 0 Å². The minimum Gasteiger partial charge on any atom is -0.493 e. The van der Waals surface area contributed by atoms with Gasteiger partial charge in [-0.2, -0.15) is 0 Å². The van der Waals surface area contributed by atoms with Crippen LogP contribution < -0.4 is 14.2 Å². The van der Waals surface area contributed by atoms with E-state index in [1.54, 1.807) is 44.8 Å². The summed E-state index contributed by atoms with van der Waals surface area (Å²) >= 11 is 1.59. The molecule has 0 spiro atoms. The Kier molecular flexibility index (Phi) is 4.75. The van der Waals surface area contributed by atoms with Gasteiger partial charge in [0, 0.05) is 9.75 Å². The van der Waals surface area contributed by atoms with E-state index >= 15 is 0 Å². The normalized spacial score (nSPS) is 12.1. The number of rotatable bonds is 5. The maximum absolute atomic E-state index is 10.6. The van der Waals surface area contributed by atoms with E-state index in [1.165, 1.54) is 4.88 Å². The van der Waals surface area contributed by atoms with E-state index in [2.05, 4.69) is 6.07 Å². The fraction of sp³-hybridized carbons (Fsp3) is 0.375. The lowest BCUT2D eigenvalue weighted by atomic mass is 10.0. The first-order valence-electron chi connectivity index (χ1n) is 6.56. The van der Waals surface area contributed by atoms with E-state index in [0.717, 1.165) is 16.0 Å². The Morgan fingerprint density at radius 1 is 0.952 bits per heavy atom. The van der Waals surface area contributed by atoms with Gasteiger partial charge in [0.1, 0.15) is 6.10 Å². The summed E-state index contributed by atoms with van der Waals surface area (Å²) in [5.41, 5.74) is 1.80. The first-order valence-corrected chi connectivity index (χ1v) is 7.38. The summed E-state index contributed by atoms with van der Waals surface area (Å²) in [6, 6.07) is 5.63. The number of hydrogen-bond donors (Lipinski definition) is 1. The zero-order chi connectivity index (χ0) is 15.6. The molecule has 5 heteroatoms. The summed E-state index contributed by atoms with van der Waals surface area (Å²) in [5, 5.41) is 10.6. The van der Waals surface area contributed by atoms with Gasteiger partial charge in [0.05, 0.1) is 21.3 Å². The van der Waals surface area contributed by atoms with Crippen LogP contribution in [0.25, 0.3) is 0 Å². The highest BCUT2D eigenvalue weighted by Crippen LogP contribution is 2.42. The van der Waals surface area contributed by atoms with Crippen LogP contribution in [0.15, 0.2) is 18.2 Å². The van der Waals surface area contributed by atoms with Crippen molar-refractivity contribution >= 4 is 11.3 Å². The van der Waals surface area contributed by atoms with Gasteiger partial charge in [-0.15, -0.1) is 11.3 Å². The van der Waals surface area contributed by atoms with Gasteiger partial charge < -0.3 is 19.3 Å². The minimum absolute atomic E-state index is 0.523. The van der Waals surface area contributed by atoms with Crippen molar-refractivity contribution in [2.24, 2.45) is 0 Å². The molecule has 0 amide bonds. The predicted octanol–water partition coefficient (Wildman–Crippen LogP) is 3.47. The fourth-order valence-electron chi connectivity index (χ4n) is 2.34. The summed E-state index contributed by atoms with van der Waals surface area (Å²) in [5.74, 6) is 1.60. The quantitative estimate of drug-likeness (QED) is 0.919. The molecule has 1 heterocycles. The van der Waals surface area contributed by atoms with Crippen molar-refractivity contribution in [1.82, 2.24) is 0 Å². The molecular weight excluding hydrogens is 288 g/mol. The molecule has 0 saturated carbocycles. The lowest BCUT2D eigenvalue weighted by molar-refractivity contribution is 0.221. The second-order valence-electron chi connectivity index (χ2n) is 4.77. The van der Waals surface area contributed by atoms with E-state index in [-0.39, 0.29) is 0 Å². The lowest BCUT2D eigenvalue weighted by Gasteiger charge is -2.17. The molecule has 21 heavy (non-hydrogen) atoms. The monoisotopic (exact) mass is 308 g/mol. The third kappa shape index (κ3) is 2.99. The number of aliphatic hydroxyl groups excluding tert-OH is 1. The van der Waals surface area contributed by atoms with Crippen molar-refractivity contribution in [3.8, 4) is 17.2 Å². The Morgan fingerprint density at radius 2 is 1.52 bits per heavy atom. The van der Waals surface area contributed by atoms with Crippen LogP contribution in [0.4, 0.5) is 0 Å². The van der Waals surface area contributed by atoms with E-state index < -0.39 is 6.10 Å². The van der Waals surface area contributed by atoms with Crippen LogP contribution in [0.2, 0.25) is 0 Å². The van der Waals surface area contributed by atoms with E-state index in [4.69, 9.17) is 14.2 Å². The van der Waals surface area contributed by atoms with Crippen LogP contribution in [0.5, 0.6) is 17.2 Å². The molecular formula is C16H20O4S. The molecule has 1 aromatic heterocycles. The third-order valence-corrected chi connectivity index (χ3v) is 4.54. The molecule has 114 valence electrons. The van der Waals surface area contributed by atoms with Gasteiger partial charge in [-0.1, -0.05) is 0 Å². The molecule has 0 saturated heterocycles. The summed E-state index contributed by atoms with van der Waals surface area (Å²) in [6.07, 6.45) is -0.711. The van der Waals surface area contributed by atoms with Crippen molar-refractivity contribution < 1.29 is 19.3 Å². The number of methoxy groups -OCH3 is 3. The number of ether oxygens (including phenoxy) is 3. The third-order valence-electron chi connectivity index (χ3n) is 3.33. The summed E-state index contributed by atoms with van der Waals surface area (Å²) in [6.45, 7) is 4.03. The van der Waals surface area contributed by atoms with Gasteiger partial charge in [-0.05, 0) is 43.2 Å². The Hall–Kier alpha value is -1.72. The first kappa shape index (κ1) is 15.7. The highest BCUT2D eigenvalue weighted by molar-refractivity contribution is 7.12. The molecule has 0 radical (unpaired) electrons. The average molecular weight is 308 g/mol. The Morgan fingerprint density at radius 3 is 1.90 bits per heavy atom. The second-order valence-corrected chi connectivity index (χ2v) is 6.05. The highest BCUT2D eigenvalue weighted by Gasteiger charge is 2.20. The minimum atomic E-state index is -0.711. The number of hydrogen-bond acceptors (Lipinski definition) is 5. The van der Waals surface area contributed by atoms with Crippen molar-refractivity contribution in [2.45, 2.75) is 20.0 Å². The smallest absolute Gasteiger partial charge is 0.203 e. The molecule has 0 aliphatic rings. The molecule has 0 fully saturated rings. The number of benzene rings is 1. The molecule has 0 bridgehead atoms. The number of aliphatic hydroxyl groups is 1. The molecule has 2 aromatic rings. The van der Waals surface area contributed by atoms with Crippen molar-refractivity contribution in [3.05, 3.63) is 39.1 Å². The van der Waals surface area contributed by atoms with Crippen molar-refractivity contribution in [1.29, 1.82) is 0 Å². The van der Waals surface area contributed by atoms with Crippen LogP contribution in [-0.4, -0.2) is 26.4 Å². The molecule has 1 atom stereocenters. The van der Waals surface area contributed by atoms with Gasteiger partial charge >= 0.3 is 0 Å². The van der Waals surface area contributed by atoms with Crippen LogP contribution >= 0.6 is 11.3 Å². The zero-order valence-corrected chi connectivity index (χ0v) is 13.7. The van der Waals surface area contributed by atoms with Crippen LogP contribution in [0.3, 0.4) is 0 Å². The van der Waals surface area contributed by atoms with Crippen LogP contribution in [0, 0.1) is 13.8 Å². The largest absolute Gasteiger partial charge is 0.493 e. The van der Waals surface area contributed by atoms with Gasteiger partial charge in [-0.25, -0.2) is 0 Å². The molecule has 0 aliphatic heterocycles. The SMILES string of the molecule is COc1cc(C(O)c2sc(C)cc2C)cc(OC)c1OC. The molecule has 2 rings (SSSR count). The number of thiophene rings is 1. The van der Waals surface area contributed by atoms with Gasteiger partial charge in [0.15, 0.2) is 11.5 Å². The topological polar surface area (TPSA) is 47.9 Å². The molecule has 1 unspecified atom stereocenters. The molecule has 0 aliphatic carbocycles. The molecule has 4 nitrogen and oxygen atoms in total. The average Bonchev–Trinajstić information content (AvgIpc) is 2.83. The lowest BCUT2D eigenvalue weighted by Crippen LogP contribution is -2.02. The highest BCUT2D eigenvalue weighted by atomic mass is 32.1. The summed E-state index contributed by atoms with van der Waals surface area (Å²) in [7, 11) is 4.69. The summed E-state index contributed by atoms with van der Waals surface area (Å²) in [4.78, 5) is 2.11. The second kappa shape index (κ2) is 6.37. The molecule has 1 aromatic carbocycles. The van der Waals surface area contributed by atoms with Gasteiger partial charge in [-0.3, -0.25) is 0 Å². The number of aryl methyl sites for hydroxylation is 2. The Labute approximate surface area is 128 Å². The molecule has 1 N–H and O–H groups in total. The first-order chi connectivity index (χ1) is 10.0. The van der Waals surface area contributed by atoms with Gasteiger partial charge in [0.2, 0.25) is 5.75 Å². The van der Waals surface area contributed by atoms with Crippen molar-refractivity contribution in [3.63, 3.8) is 0 Å². The van der Waals surface area contributed by atoms with Crippen LogP contribution in [0.1, 0.15) is 27.0 Å². The Bertz CT molecular complexity index is 608. The Balaban J connectivity index is 2.51. The van der Waals surface area contributed by atoms with Crippen LogP contribution in [-0.2, 0) is 0 Å². The van der Waals surface area contributed by atoms with E-state index in [9.17, 15) is 5.11 Å². The fourth-order valence-corrected chi connectivity index (χ4v) is 3.39.